The molecule has 0 amide bonds. The predicted molar refractivity (Wildman–Crippen MR) is 72.2 cm³/mol. The number of nitrogens with zero attached hydrogens (tertiary/aromatic N) is 2. The maximum absolute atomic E-state index is 12.6. The molecule has 106 valence electrons. The van der Waals surface area contributed by atoms with Gasteiger partial charge in [0.15, 0.2) is 0 Å². The Morgan fingerprint density at radius 3 is 2.39 bits per heavy atom. The molecule has 3 atom stereocenters. The number of hydrogen-bond donors (Lipinski definition) is 1. The Hall–Kier alpha value is -0.170. The zero-order valence-corrected chi connectivity index (χ0v) is 12.2. The first-order chi connectivity index (χ1) is 8.45. The smallest absolute Gasteiger partial charge is 0.282 e. The highest BCUT2D eigenvalue weighted by Gasteiger charge is 2.39. The molecule has 2 saturated heterocycles. The van der Waals surface area contributed by atoms with Crippen molar-refractivity contribution in [3.05, 3.63) is 0 Å². The minimum absolute atomic E-state index is 0.00235. The van der Waals surface area contributed by atoms with Crippen LogP contribution in [0.5, 0.6) is 0 Å². The van der Waals surface area contributed by atoms with Crippen LogP contribution in [0, 0.1) is 11.8 Å². The second-order valence-electron chi connectivity index (χ2n) is 5.91. The lowest BCUT2D eigenvalue weighted by Crippen LogP contribution is -2.52. The highest BCUT2D eigenvalue weighted by Crippen LogP contribution is 2.28. The Morgan fingerprint density at radius 2 is 1.83 bits per heavy atom. The molecule has 0 spiro atoms. The zero-order valence-electron chi connectivity index (χ0n) is 11.4. The van der Waals surface area contributed by atoms with Gasteiger partial charge < -0.3 is 5.73 Å². The molecular weight excluding hydrogens is 250 g/mol. The van der Waals surface area contributed by atoms with Crippen molar-refractivity contribution in [3.63, 3.8) is 0 Å². The molecule has 0 unspecified atom stereocenters. The van der Waals surface area contributed by atoms with Crippen LogP contribution < -0.4 is 5.73 Å². The van der Waals surface area contributed by atoms with E-state index in [1.54, 1.807) is 8.61 Å². The fraction of sp³-hybridized carbons (Fsp3) is 1.00. The van der Waals surface area contributed by atoms with E-state index in [9.17, 15) is 8.42 Å². The van der Waals surface area contributed by atoms with Crippen molar-refractivity contribution >= 4 is 10.2 Å². The van der Waals surface area contributed by atoms with Gasteiger partial charge in [0.25, 0.3) is 10.2 Å². The summed E-state index contributed by atoms with van der Waals surface area (Å²) in [5.74, 6) is 0.893. The van der Waals surface area contributed by atoms with E-state index in [1.165, 1.54) is 0 Å². The van der Waals surface area contributed by atoms with Crippen molar-refractivity contribution < 1.29 is 8.42 Å². The van der Waals surface area contributed by atoms with Crippen LogP contribution in [0.3, 0.4) is 0 Å². The quantitative estimate of drug-likeness (QED) is 0.821. The summed E-state index contributed by atoms with van der Waals surface area (Å²) in [7, 11) is -3.30. The van der Waals surface area contributed by atoms with Crippen molar-refractivity contribution in [1.29, 1.82) is 0 Å². The molecular formula is C12H25N3O2S. The summed E-state index contributed by atoms with van der Waals surface area (Å²) in [5, 5.41) is 0. The van der Waals surface area contributed by atoms with E-state index in [0.29, 0.717) is 38.0 Å². The number of rotatable bonds is 3. The maximum atomic E-state index is 12.6. The molecule has 2 heterocycles. The summed E-state index contributed by atoms with van der Waals surface area (Å²) >= 11 is 0. The van der Waals surface area contributed by atoms with Crippen LogP contribution in [0.4, 0.5) is 0 Å². The summed E-state index contributed by atoms with van der Waals surface area (Å²) in [6, 6.07) is 0.00235. The molecule has 2 aliphatic rings. The molecule has 0 aliphatic carbocycles. The Morgan fingerprint density at radius 1 is 1.22 bits per heavy atom. The van der Waals surface area contributed by atoms with E-state index in [1.807, 2.05) is 0 Å². The fourth-order valence-electron chi connectivity index (χ4n) is 3.29. The van der Waals surface area contributed by atoms with Gasteiger partial charge in [-0.25, -0.2) is 0 Å². The first kappa shape index (κ1) is 14.2. The van der Waals surface area contributed by atoms with Crippen LogP contribution in [0.1, 0.15) is 33.1 Å². The van der Waals surface area contributed by atoms with Crippen LogP contribution in [0.15, 0.2) is 0 Å². The van der Waals surface area contributed by atoms with Gasteiger partial charge in [0, 0.05) is 32.2 Å². The van der Waals surface area contributed by atoms with Gasteiger partial charge >= 0.3 is 0 Å². The minimum atomic E-state index is -3.30. The van der Waals surface area contributed by atoms with Gasteiger partial charge in [-0.15, -0.1) is 0 Å². The molecule has 2 aliphatic heterocycles. The standard InChI is InChI=1S/C12H25N3O2S/c1-10-6-11(2)9-14(8-10)18(16,17)15-5-3-4-12(15)7-13/h10-12H,3-9,13H2,1-2H3/t10-,11-,12+/m1/s1. The molecule has 2 N–H and O–H groups in total. The maximum Gasteiger partial charge on any atom is 0.282 e. The monoisotopic (exact) mass is 275 g/mol. The molecule has 6 heteroatoms. The molecule has 0 bridgehead atoms. The summed E-state index contributed by atoms with van der Waals surface area (Å²) in [4.78, 5) is 0. The fourth-order valence-corrected chi connectivity index (χ4v) is 5.40. The van der Waals surface area contributed by atoms with E-state index in [0.717, 1.165) is 19.3 Å². The second-order valence-corrected chi connectivity index (χ2v) is 7.79. The molecule has 18 heavy (non-hydrogen) atoms. The van der Waals surface area contributed by atoms with E-state index >= 15 is 0 Å². The average Bonchev–Trinajstić information content (AvgIpc) is 2.76. The zero-order chi connectivity index (χ0) is 13.3. The Balaban J connectivity index is 2.15. The van der Waals surface area contributed by atoms with Crippen molar-refractivity contribution in [2.24, 2.45) is 17.6 Å². The highest BCUT2D eigenvalue weighted by molar-refractivity contribution is 7.86. The molecule has 0 radical (unpaired) electrons. The lowest BCUT2D eigenvalue weighted by molar-refractivity contribution is 0.207. The number of hydrogen-bond acceptors (Lipinski definition) is 3. The lowest BCUT2D eigenvalue weighted by Gasteiger charge is -2.37. The van der Waals surface area contributed by atoms with E-state index < -0.39 is 10.2 Å². The Bertz CT molecular complexity index is 375. The van der Waals surface area contributed by atoms with Crippen LogP contribution >= 0.6 is 0 Å². The van der Waals surface area contributed by atoms with E-state index in [-0.39, 0.29) is 6.04 Å². The molecule has 2 rings (SSSR count). The van der Waals surface area contributed by atoms with Gasteiger partial charge in [-0.05, 0) is 31.1 Å². The summed E-state index contributed by atoms with van der Waals surface area (Å²) in [6.45, 7) is 6.62. The molecule has 0 aromatic heterocycles. The van der Waals surface area contributed by atoms with Crippen molar-refractivity contribution in [2.75, 3.05) is 26.2 Å². The van der Waals surface area contributed by atoms with Gasteiger partial charge in [-0.3, -0.25) is 0 Å². The summed E-state index contributed by atoms with van der Waals surface area (Å²) in [6.07, 6.45) is 2.95. The van der Waals surface area contributed by atoms with Crippen LogP contribution in [0.2, 0.25) is 0 Å². The lowest BCUT2D eigenvalue weighted by atomic mass is 9.94. The largest absolute Gasteiger partial charge is 0.329 e. The van der Waals surface area contributed by atoms with Gasteiger partial charge in [0.05, 0.1) is 0 Å². The SMILES string of the molecule is C[C@@H]1C[C@@H](C)CN(S(=O)(=O)N2CCC[C@H]2CN)C1. The third kappa shape index (κ3) is 2.71. The van der Waals surface area contributed by atoms with Gasteiger partial charge in [0.2, 0.25) is 0 Å². The molecule has 2 fully saturated rings. The second kappa shape index (κ2) is 5.45. The number of nitrogens with two attached hydrogens (primary N) is 1. The first-order valence-corrected chi connectivity index (χ1v) is 8.31. The van der Waals surface area contributed by atoms with Crippen LogP contribution in [-0.2, 0) is 10.2 Å². The Labute approximate surface area is 110 Å². The first-order valence-electron chi connectivity index (χ1n) is 6.92. The Kier molecular flexibility index (Phi) is 4.31. The molecule has 5 nitrogen and oxygen atoms in total. The summed E-state index contributed by atoms with van der Waals surface area (Å²) < 4.78 is 28.6. The third-order valence-electron chi connectivity index (χ3n) is 4.05. The van der Waals surface area contributed by atoms with Gasteiger partial charge in [-0.2, -0.15) is 17.0 Å². The van der Waals surface area contributed by atoms with Gasteiger partial charge in [-0.1, -0.05) is 13.8 Å². The van der Waals surface area contributed by atoms with Crippen LogP contribution in [-0.4, -0.2) is 49.2 Å². The highest BCUT2D eigenvalue weighted by atomic mass is 32.2. The molecule has 0 saturated carbocycles. The third-order valence-corrected chi connectivity index (χ3v) is 6.08. The van der Waals surface area contributed by atoms with E-state index in [4.69, 9.17) is 5.73 Å². The average molecular weight is 275 g/mol. The summed E-state index contributed by atoms with van der Waals surface area (Å²) in [5.41, 5.74) is 5.68. The van der Waals surface area contributed by atoms with Crippen molar-refractivity contribution in [3.8, 4) is 0 Å². The normalized spacial score (nSPS) is 36.1. The number of piperidine rings is 1. The molecule has 0 aromatic carbocycles. The van der Waals surface area contributed by atoms with E-state index in [2.05, 4.69) is 13.8 Å². The molecule has 0 aromatic rings. The van der Waals surface area contributed by atoms with Crippen LogP contribution in [0.25, 0.3) is 0 Å². The topological polar surface area (TPSA) is 66.6 Å². The van der Waals surface area contributed by atoms with Crippen molar-refractivity contribution in [1.82, 2.24) is 8.61 Å². The van der Waals surface area contributed by atoms with Gasteiger partial charge in [0.1, 0.15) is 0 Å². The van der Waals surface area contributed by atoms with Crippen molar-refractivity contribution in [2.45, 2.75) is 39.2 Å². The predicted octanol–water partition coefficient (Wildman–Crippen LogP) is 0.632. The minimum Gasteiger partial charge on any atom is -0.329 e.